The van der Waals surface area contributed by atoms with E-state index in [2.05, 4.69) is 47.9 Å². The minimum atomic E-state index is -1.29. The Bertz CT molecular complexity index is 1820. The molecular weight excluding hydrogens is 951 g/mol. The average Bonchev–Trinajstić information content (AvgIpc) is 3.21. The highest BCUT2D eigenvalue weighted by Gasteiger charge is 2.35. The predicted molar refractivity (Wildman–Crippen MR) is 274 cm³/mol. The van der Waals surface area contributed by atoms with Crippen LogP contribution in [-0.2, 0) is 47.8 Å². The maximum atomic E-state index is 14.3. The number of hydrogen-bond acceptors (Lipinski definition) is 13. The van der Waals surface area contributed by atoms with Crippen molar-refractivity contribution in [1.29, 1.82) is 0 Å². The van der Waals surface area contributed by atoms with E-state index in [-0.39, 0.29) is 45.3 Å². The molecular formula is C50H91N9O14. The molecule has 0 rings (SSSR count). The molecule has 73 heavy (non-hydrogen) atoms. The first-order valence-corrected chi connectivity index (χ1v) is 25.5. The van der Waals surface area contributed by atoms with Crippen LogP contribution in [0.15, 0.2) is 0 Å². The zero-order valence-electron chi connectivity index (χ0n) is 46.4. The van der Waals surface area contributed by atoms with Crippen molar-refractivity contribution < 1.29 is 67.3 Å². The van der Waals surface area contributed by atoms with E-state index in [4.69, 9.17) is 14.2 Å². The van der Waals surface area contributed by atoms with Gasteiger partial charge in [-0.2, -0.15) is 0 Å². The number of amides is 9. The number of unbranched alkanes of at least 4 members (excludes halogenated alkanes) is 3. The van der Waals surface area contributed by atoms with Gasteiger partial charge < -0.3 is 67.2 Å². The van der Waals surface area contributed by atoms with E-state index in [0.717, 1.165) is 0 Å². The summed E-state index contributed by atoms with van der Waals surface area (Å²) in [6.45, 7) is 27.3. The Morgan fingerprint density at radius 2 is 0.644 bits per heavy atom. The minimum absolute atomic E-state index is 0.0127. The summed E-state index contributed by atoms with van der Waals surface area (Å²) in [7, 11) is 0. The van der Waals surface area contributed by atoms with Crippen molar-refractivity contribution in [3.05, 3.63) is 0 Å². The van der Waals surface area contributed by atoms with Crippen LogP contribution >= 0.6 is 0 Å². The van der Waals surface area contributed by atoms with E-state index in [9.17, 15) is 53.1 Å². The molecule has 0 aliphatic rings. The summed E-state index contributed by atoms with van der Waals surface area (Å²) in [5.41, 5.74) is -2.14. The molecule has 0 radical (unpaired) electrons. The largest absolute Gasteiger partial charge is 0.480 e. The SMILES string of the molecule is CC(=O)N[C@@H](CCCCNC(=O)OC(C)(C)C)C(=O)N[C@H](C(=O)N[C@@H](CCCCNC(=O)OC(C)(C)C)C(=O)N[C@H](C(=O)N[C@@H](CCCCNC(=O)OC(C)(C)C)C(=O)N[C@H](C(=O)O)C(C)C)C(C)C)C(C)C. The molecule has 0 spiro atoms. The summed E-state index contributed by atoms with van der Waals surface area (Å²) in [6, 6.07) is -7.35. The molecule has 0 aromatic heterocycles. The highest BCUT2D eigenvalue weighted by atomic mass is 16.6. The van der Waals surface area contributed by atoms with Crippen LogP contribution in [0.5, 0.6) is 0 Å². The number of carbonyl (C=O) groups excluding carboxylic acids is 9. The van der Waals surface area contributed by atoms with Crippen LogP contribution in [0.3, 0.4) is 0 Å². The number of hydrogen-bond donors (Lipinski definition) is 10. The lowest BCUT2D eigenvalue weighted by molar-refractivity contribution is -0.143. The lowest BCUT2D eigenvalue weighted by Gasteiger charge is -2.30. The summed E-state index contributed by atoms with van der Waals surface area (Å²) in [4.78, 5) is 131. The van der Waals surface area contributed by atoms with E-state index >= 15 is 0 Å². The Balaban J connectivity index is 6.52. The van der Waals surface area contributed by atoms with Crippen LogP contribution in [0.4, 0.5) is 14.4 Å². The van der Waals surface area contributed by atoms with Gasteiger partial charge in [0.15, 0.2) is 0 Å². The summed E-state index contributed by atoms with van der Waals surface area (Å²) in [5, 5.41) is 33.7. The van der Waals surface area contributed by atoms with E-state index < -0.39 is 131 Å². The first kappa shape index (κ1) is 67.1. The Morgan fingerprint density at radius 1 is 0.384 bits per heavy atom. The van der Waals surface area contributed by atoms with Gasteiger partial charge in [0.25, 0.3) is 0 Å². The molecule has 0 aromatic carbocycles. The van der Waals surface area contributed by atoms with Crippen molar-refractivity contribution in [2.24, 2.45) is 17.8 Å². The van der Waals surface area contributed by atoms with Gasteiger partial charge in [-0.1, -0.05) is 41.5 Å². The van der Waals surface area contributed by atoms with Crippen LogP contribution in [0.2, 0.25) is 0 Å². The molecule has 9 amide bonds. The average molecular weight is 1040 g/mol. The zero-order chi connectivity index (χ0) is 56.4. The second kappa shape index (κ2) is 32.3. The van der Waals surface area contributed by atoms with Crippen LogP contribution in [0.25, 0.3) is 0 Å². The zero-order valence-corrected chi connectivity index (χ0v) is 46.4. The second-order valence-corrected chi connectivity index (χ2v) is 22.2. The molecule has 0 saturated carbocycles. The van der Waals surface area contributed by atoms with Gasteiger partial charge in [-0.05, 0) is 138 Å². The maximum absolute atomic E-state index is 14.3. The number of carboxylic acids is 1. The quantitative estimate of drug-likeness (QED) is 0.0359. The molecule has 6 atom stereocenters. The molecule has 0 aliphatic heterocycles. The Hall–Kier alpha value is -5.90. The molecule has 23 heteroatoms. The van der Waals surface area contributed by atoms with Gasteiger partial charge in [0.1, 0.15) is 53.1 Å². The van der Waals surface area contributed by atoms with Crippen molar-refractivity contribution in [2.45, 2.75) is 222 Å². The van der Waals surface area contributed by atoms with Crippen molar-refractivity contribution in [3.8, 4) is 0 Å². The monoisotopic (exact) mass is 1040 g/mol. The van der Waals surface area contributed by atoms with Crippen molar-refractivity contribution >= 4 is 59.7 Å². The number of nitrogens with one attached hydrogen (secondary N) is 9. The van der Waals surface area contributed by atoms with Gasteiger partial charge >= 0.3 is 24.2 Å². The maximum Gasteiger partial charge on any atom is 0.407 e. The molecule has 10 N–H and O–H groups in total. The first-order chi connectivity index (χ1) is 33.5. The summed E-state index contributed by atoms with van der Waals surface area (Å²) < 4.78 is 15.8. The smallest absolute Gasteiger partial charge is 0.407 e. The molecule has 0 saturated heterocycles. The van der Waals surface area contributed by atoms with Crippen LogP contribution in [0, 0.1) is 17.8 Å². The van der Waals surface area contributed by atoms with E-state index in [1.54, 1.807) is 104 Å². The molecule has 420 valence electrons. The summed E-state index contributed by atoms with van der Waals surface area (Å²) >= 11 is 0. The fourth-order valence-electron chi connectivity index (χ4n) is 6.85. The van der Waals surface area contributed by atoms with E-state index in [1.807, 2.05) is 0 Å². The van der Waals surface area contributed by atoms with Crippen LogP contribution in [0.1, 0.15) is 169 Å². The number of rotatable bonds is 30. The Labute approximate surface area is 432 Å². The first-order valence-electron chi connectivity index (χ1n) is 25.5. The van der Waals surface area contributed by atoms with Crippen LogP contribution in [-0.4, -0.2) is 137 Å². The third-order valence-corrected chi connectivity index (χ3v) is 10.4. The van der Waals surface area contributed by atoms with Gasteiger partial charge in [0, 0.05) is 26.6 Å². The third kappa shape index (κ3) is 31.3. The van der Waals surface area contributed by atoms with Gasteiger partial charge in [0.2, 0.25) is 35.4 Å². The highest BCUT2D eigenvalue weighted by Crippen LogP contribution is 2.14. The highest BCUT2D eigenvalue weighted by molar-refractivity contribution is 5.97. The van der Waals surface area contributed by atoms with Gasteiger partial charge in [0.05, 0.1) is 0 Å². The Morgan fingerprint density at radius 3 is 0.877 bits per heavy atom. The van der Waals surface area contributed by atoms with Gasteiger partial charge in [-0.25, -0.2) is 19.2 Å². The van der Waals surface area contributed by atoms with Gasteiger partial charge in [-0.3, -0.25) is 28.8 Å². The fourth-order valence-corrected chi connectivity index (χ4v) is 6.85. The van der Waals surface area contributed by atoms with E-state index in [0.29, 0.717) is 32.1 Å². The van der Waals surface area contributed by atoms with Crippen molar-refractivity contribution in [1.82, 2.24) is 47.9 Å². The molecule has 0 bridgehead atoms. The number of alkyl carbamates (subject to hydrolysis) is 3. The molecule has 0 aromatic rings. The van der Waals surface area contributed by atoms with Crippen molar-refractivity contribution in [3.63, 3.8) is 0 Å². The fraction of sp³-hybridized carbons (Fsp3) is 0.800. The number of ether oxygens (including phenoxy) is 3. The summed E-state index contributed by atoms with van der Waals surface area (Å²) in [5.74, 6) is -7.08. The standard InChI is InChI=1S/C50H91N9O14/c1-29(2)36(57-39(61)33(54-32(7)60)23-17-20-26-51-45(68)71-48(8,9)10)42(64)55-34(24-18-21-27-52-46(69)72-49(11,12)13)40(62)58-37(30(3)4)43(65)56-35(41(63)59-38(31(5)6)44(66)67)25-19-22-28-53-47(70)73-50(14,15)16/h29-31,33-38H,17-28H2,1-16H3,(H,51,68)(H,52,69)(H,53,70)(H,54,60)(H,55,64)(H,56,65)(H,57,61)(H,58,62)(H,59,63)(H,66,67)/t33-,34-,35-,36-,37-,38-/m0/s1. The van der Waals surface area contributed by atoms with Crippen LogP contribution < -0.4 is 47.9 Å². The normalized spacial score (nSPS) is 14.2. The minimum Gasteiger partial charge on any atom is -0.480 e. The topological polar surface area (TPSA) is 327 Å². The lowest BCUT2D eigenvalue weighted by Crippen LogP contribution is -2.61. The molecule has 0 heterocycles. The molecule has 0 aliphatic carbocycles. The van der Waals surface area contributed by atoms with E-state index in [1.165, 1.54) is 6.92 Å². The number of carbonyl (C=O) groups is 10. The lowest BCUT2D eigenvalue weighted by atomic mass is 9.99. The predicted octanol–water partition coefficient (Wildman–Crippen LogP) is 4.05. The second-order valence-electron chi connectivity index (χ2n) is 22.2. The molecule has 23 nitrogen and oxygen atoms in total. The number of carboxylic acid groups (broad SMARTS) is 1. The summed E-state index contributed by atoms with van der Waals surface area (Å²) in [6.07, 6.45) is 0.495. The Kier molecular flexibility index (Phi) is 29.7. The van der Waals surface area contributed by atoms with Crippen molar-refractivity contribution in [2.75, 3.05) is 19.6 Å². The molecule has 0 unspecified atom stereocenters. The molecule has 0 fully saturated rings. The van der Waals surface area contributed by atoms with Gasteiger partial charge in [-0.15, -0.1) is 0 Å². The third-order valence-electron chi connectivity index (χ3n) is 10.4. The number of aliphatic carboxylic acids is 1.